The van der Waals surface area contributed by atoms with Crippen molar-refractivity contribution >= 4 is 50.8 Å². The maximum atomic E-state index is 12.6. The molecule has 2 aromatic heterocycles. The minimum Gasteiger partial charge on any atom is -0.492 e. The summed E-state index contributed by atoms with van der Waals surface area (Å²) in [5.41, 5.74) is 0.914. The van der Waals surface area contributed by atoms with Crippen molar-refractivity contribution in [2.24, 2.45) is 0 Å². The molecule has 136 valence electrons. The quantitative estimate of drug-likeness (QED) is 0.430. The molecular weight excluding hydrogens is 390 g/mol. The highest BCUT2D eigenvalue weighted by Crippen LogP contribution is 2.31. The summed E-state index contributed by atoms with van der Waals surface area (Å²) in [4.78, 5) is 22.8. The van der Waals surface area contributed by atoms with Gasteiger partial charge in [-0.3, -0.25) is 4.79 Å². The number of likely N-dealkylation sites (N-methyl/N-ethyl adjacent to an activating group) is 1. The van der Waals surface area contributed by atoms with Gasteiger partial charge in [0.15, 0.2) is 0 Å². The maximum absolute atomic E-state index is 12.6. The molecule has 1 aromatic carbocycles. The molecule has 3 rings (SSSR count). The number of halogens is 1. The van der Waals surface area contributed by atoms with Crippen molar-refractivity contribution in [2.75, 3.05) is 20.2 Å². The van der Waals surface area contributed by atoms with E-state index in [1.54, 1.807) is 35.4 Å². The molecule has 0 saturated heterocycles. The molecule has 0 saturated carbocycles. The number of benzene rings is 1. The zero-order valence-electron chi connectivity index (χ0n) is 14.4. The Balaban J connectivity index is 1.52. The lowest BCUT2D eigenvalue weighted by Gasteiger charge is -2.21. The van der Waals surface area contributed by atoms with E-state index in [1.165, 1.54) is 18.1 Å². The third kappa shape index (κ3) is 4.66. The molecule has 26 heavy (non-hydrogen) atoms. The summed E-state index contributed by atoms with van der Waals surface area (Å²) in [6, 6.07) is 9.13. The fourth-order valence-corrected chi connectivity index (χ4v) is 4.40. The molecule has 1 atom stereocenters. The van der Waals surface area contributed by atoms with Crippen molar-refractivity contribution in [1.82, 2.24) is 14.9 Å². The van der Waals surface area contributed by atoms with Crippen LogP contribution in [0.15, 0.2) is 47.1 Å². The number of nitrogens with zero attached hydrogens (tertiary/aromatic N) is 3. The SMILES string of the molecule is C[C@H](Sc1ncnc2ccsc12)C(=O)N(C)CCOc1ccc(Cl)cc1. The van der Waals surface area contributed by atoms with Crippen LogP contribution in [0.1, 0.15) is 6.92 Å². The van der Waals surface area contributed by atoms with Gasteiger partial charge in [-0.2, -0.15) is 0 Å². The Kier molecular flexibility index (Phi) is 6.34. The molecule has 5 nitrogen and oxygen atoms in total. The number of ether oxygens (including phenoxy) is 1. The van der Waals surface area contributed by atoms with Crippen LogP contribution in [-0.4, -0.2) is 46.2 Å². The van der Waals surface area contributed by atoms with Crippen LogP contribution in [0.4, 0.5) is 0 Å². The minimum atomic E-state index is -0.240. The number of thiophene rings is 1. The van der Waals surface area contributed by atoms with E-state index in [0.29, 0.717) is 18.2 Å². The monoisotopic (exact) mass is 407 g/mol. The lowest BCUT2D eigenvalue weighted by atomic mass is 10.3. The molecule has 0 unspecified atom stereocenters. The zero-order valence-corrected chi connectivity index (χ0v) is 16.8. The van der Waals surface area contributed by atoms with Gasteiger partial charge in [-0.15, -0.1) is 11.3 Å². The first-order chi connectivity index (χ1) is 12.5. The number of hydrogen-bond donors (Lipinski definition) is 0. The number of aromatic nitrogens is 2. The standard InChI is InChI=1S/C18H18ClN3O2S2/c1-12(26-17-16-15(7-10-25-16)20-11-21-17)18(23)22(2)8-9-24-14-5-3-13(19)4-6-14/h3-7,10-12H,8-9H2,1-2H3/t12-/m0/s1. The van der Waals surface area contributed by atoms with Gasteiger partial charge in [-0.25, -0.2) is 9.97 Å². The van der Waals surface area contributed by atoms with E-state index >= 15 is 0 Å². The van der Waals surface area contributed by atoms with Gasteiger partial charge in [0.05, 0.1) is 22.0 Å². The highest BCUT2D eigenvalue weighted by molar-refractivity contribution is 8.00. The molecular formula is C18H18ClN3O2S2. The van der Waals surface area contributed by atoms with Gasteiger partial charge in [0.1, 0.15) is 23.7 Å². The lowest BCUT2D eigenvalue weighted by molar-refractivity contribution is -0.129. The van der Waals surface area contributed by atoms with E-state index in [9.17, 15) is 4.79 Å². The third-order valence-electron chi connectivity index (χ3n) is 3.73. The number of thioether (sulfide) groups is 1. The van der Waals surface area contributed by atoms with Gasteiger partial charge in [-0.1, -0.05) is 23.4 Å². The normalized spacial score (nSPS) is 12.1. The Morgan fingerprint density at radius 2 is 2.08 bits per heavy atom. The molecule has 0 aliphatic carbocycles. The van der Waals surface area contributed by atoms with Crippen molar-refractivity contribution in [3.63, 3.8) is 0 Å². The second-order valence-electron chi connectivity index (χ2n) is 5.64. The van der Waals surface area contributed by atoms with Gasteiger partial charge in [-0.05, 0) is 42.6 Å². The van der Waals surface area contributed by atoms with Gasteiger partial charge >= 0.3 is 0 Å². The maximum Gasteiger partial charge on any atom is 0.235 e. The Morgan fingerprint density at radius 1 is 1.31 bits per heavy atom. The topological polar surface area (TPSA) is 55.3 Å². The number of carbonyl (C=O) groups excluding carboxylic acids is 1. The van der Waals surface area contributed by atoms with Crippen molar-refractivity contribution in [2.45, 2.75) is 17.2 Å². The predicted molar refractivity (Wildman–Crippen MR) is 107 cm³/mol. The van der Waals surface area contributed by atoms with Crippen LogP contribution < -0.4 is 4.74 Å². The third-order valence-corrected chi connectivity index (χ3v) is 6.11. The predicted octanol–water partition coefficient (Wildman–Crippen LogP) is 4.36. The van der Waals surface area contributed by atoms with Crippen molar-refractivity contribution < 1.29 is 9.53 Å². The first-order valence-corrected chi connectivity index (χ1v) is 10.2. The van der Waals surface area contributed by atoms with Gasteiger partial charge in [0, 0.05) is 12.1 Å². The molecule has 0 spiro atoms. The largest absolute Gasteiger partial charge is 0.492 e. The van der Waals surface area contributed by atoms with E-state index in [-0.39, 0.29) is 11.2 Å². The van der Waals surface area contributed by atoms with Crippen molar-refractivity contribution in [3.8, 4) is 5.75 Å². The van der Waals surface area contributed by atoms with Gasteiger partial charge in [0.2, 0.25) is 5.91 Å². The second kappa shape index (κ2) is 8.70. The van der Waals surface area contributed by atoms with Gasteiger partial charge in [0.25, 0.3) is 0 Å². The lowest BCUT2D eigenvalue weighted by Crippen LogP contribution is -2.36. The van der Waals surface area contributed by atoms with E-state index in [4.69, 9.17) is 16.3 Å². The molecule has 0 fully saturated rings. The Bertz CT molecular complexity index is 886. The smallest absolute Gasteiger partial charge is 0.235 e. The molecule has 0 bridgehead atoms. The van der Waals surface area contributed by atoms with Crippen LogP contribution in [0.5, 0.6) is 5.75 Å². The summed E-state index contributed by atoms with van der Waals surface area (Å²) in [7, 11) is 1.78. The van der Waals surface area contributed by atoms with E-state index in [2.05, 4.69) is 9.97 Å². The first-order valence-electron chi connectivity index (χ1n) is 8.03. The van der Waals surface area contributed by atoms with Crippen LogP contribution in [0.2, 0.25) is 5.02 Å². The summed E-state index contributed by atoms with van der Waals surface area (Å²) >= 11 is 8.90. The zero-order chi connectivity index (χ0) is 18.5. The fourth-order valence-electron chi connectivity index (χ4n) is 2.32. The van der Waals surface area contributed by atoms with E-state index in [1.807, 2.05) is 30.5 Å². The molecule has 0 aliphatic rings. The average molecular weight is 408 g/mol. The summed E-state index contributed by atoms with van der Waals surface area (Å²) in [5.74, 6) is 0.775. The summed E-state index contributed by atoms with van der Waals surface area (Å²) in [6.07, 6.45) is 1.54. The molecule has 2 heterocycles. The van der Waals surface area contributed by atoms with Gasteiger partial charge < -0.3 is 9.64 Å². The van der Waals surface area contributed by atoms with Crippen molar-refractivity contribution in [1.29, 1.82) is 0 Å². The number of rotatable bonds is 7. The van der Waals surface area contributed by atoms with Crippen LogP contribution in [0.3, 0.4) is 0 Å². The van der Waals surface area contributed by atoms with Crippen LogP contribution in [0.25, 0.3) is 10.2 Å². The van der Waals surface area contributed by atoms with E-state index < -0.39 is 0 Å². The molecule has 0 N–H and O–H groups in total. The summed E-state index contributed by atoms with van der Waals surface area (Å²) in [5, 5.41) is 3.25. The Hall–Kier alpha value is -1.83. The first kappa shape index (κ1) is 18.9. The highest BCUT2D eigenvalue weighted by atomic mass is 35.5. The molecule has 1 amide bonds. The van der Waals surface area contributed by atoms with Crippen molar-refractivity contribution in [3.05, 3.63) is 47.1 Å². The number of carbonyl (C=O) groups is 1. The van der Waals surface area contributed by atoms with E-state index in [0.717, 1.165) is 21.0 Å². The average Bonchev–Trinajstić information content (AvgIpc) is 3.12. The molecule has 8 heteroatoms. The fraction of sp³-hybridized carbons (Fsp3) is 0.278. The molecule has 0 radical (unpaired) electrons. The minimum absolute atomic E-state index is 0.0398. The number of fused-ring (bicyclic) bond motifs is 1. The second-order valence-corrected chi connectivity index (χ2v) is 8.32. The van der Waals surface area contributed by atoms with Crippen LogP contribution in [-0.2, 0) is 4.79 Å². The highest BCUT2D eigenvalue weighted by Gasteiger charge is 2.20. The Labute approximate surface area is 165 Å². The van der Waals surface area contributed by atoms with Crippen LogP contribution >= 0.6 is 34.7 Å². The summed E-state index contributed by atoms with van der Waals surface area (Å²) in [6.45, 7) is 2.82. The van der Waals surface area contributed by atoms with Crippen LogP contribution in [0, 0.1) is 0 Å². The number of amides is 1. The number of hydrogen-bond acceptors (Lipinski definition) is 6. The Morgan fingerprint density at radius 3 is 2.85 bits per heavy atom. The molecule has 0 aliphatic heterocycles. The summed E-state index contributed by atoms with van der Waals surface area (Å²) < 4.78 is 6.67. The molecule has 3 aromatic rings.